The van der Waals surface area contributed by atoms with Crippen LogP contribution in [0.1, 0.15) is 38.3 Å². The van der Waals surface area contributed by atoms with Crippen molar-refractivity contribution in [3.8, 4) is 5.75 Å². The minimum atomic E-state index is 0.0282. The lowest BCUT2D eigenvalue weighted by molar-refractivity contribution is -0.127. The number of amides is 1. The quantitative estimate of drug-likeness (QED) is 0.906. The van der Waals surface area contributed by atoms with E-state index in [-0.39, 0.29) is 17.9 Å². The molecule has 4 heteroatoms. The average Bonchev–Trinajstić information content (AvgIpc) is 2.48. The first-order valence-corrected chi connectivity index (χ1v) is 7.81. The molecule has 2 atom stereocenters. The molecule has 1 saturated heterocycles. The topological polar surface area (TPSA) is 41.6 Å². The Morgan fingerprint density at radius 2 is 2.14 bits per heavy atom. The van der Waals surface area contributed by atoms with Crippen LogP contribution in [0.2, 0.25) is 0 Å². The zero-order chi connectivity index (χ0) is 15.2. The van der Waals surface area contributed by atoms with Crippen molar-refractivity contribution in [3.63, 3.8) is 0 Å². The molecule has 1 aliphatic rings. The lowest BCUT2D eigenvalue weighted by Crippen LogP contribution is -2.42. The predicted octanol–water partition coefficient (Wildman–Crippen LogP) is 2.60. The molecule has 4 nitrogen and oxygen atoms in total. The fraction of sp³-hybridized carbons (Fsp3) is 0.588. The predicted molar refractivity (Wildman–Crippen MR) is 84.4 cm³/mol. The van der Waals surface area contributed by atoms with E-state index in [0.29, 0.717) is 6.61 Å². The lowest BCUT2D eigenvalue weighted by atomic mass is 9.97. The van der Waals surface area contributed by atoms with Gasteiger partial charge in [0.25, 0.3) is 0 Å². The summed E-state index contributed by atoms with van der Waals surface area (Å²) in [6.45, 7) is 6.62. The second kappa shape index (κ2) is 7.46. The molecular formula is C17H26N2O2. The Morgan fingerprint density at radius 1 is 1.43 bits per heavy atom. The summed E-state index contributed by atoms with van der Waals surface area (Å²) in [7, 11) is 2.08. The van der Waals surface area contributed by atoms with Crippen molar-refractivity contribution in [1.82, 2.24) is 10.2 Å². The zero-order valence-electron chi connectivity index (χ0n) is 13.3. The van der Waals surface area contributed by atoms with Crippen LogP contribution in [0, 0.1) is 5.92 Å². The van der Waals surface area contributed by atoms with Gasteiger partial charge >= 0.3 is 0 Å². The van der Waals surface area contributed by atoms with Crippen molar-refractivity contribution in [2.75, 3.05) is 26.7 Å². The molecule has 1 fully saturated rings. The van der Waals surface area contributed by atoms with Gasteiger partial charge in [0.05, 0.1) is 18.6 Å². The van der Waals surface area contributed by atoms with E-state index in [1.165, 1.54) is 0 Å². The molecule has 1 aromatic rings. The lowest BCUT2D eigenvalue weighted by Gasteiger charge is -2.29. The molecule has 1 aromatic carbocycles. The summed E-state index contributed by atoms with van der Waals surface area (Å²) in [6, 6.07) is 7.97. The van der Waals surface area contributed by atoms with Gasteiger partial charge in [0.2, 0.25) is 5.91 Å². The SMILES string of the molecule is CCOc1ccc([C@H](C)NC(=O)[C@H]2CCCN(C)C2)cc1. The number of benzene rings is 1. The van der Waals surface area contributed by atoms with E-state index in [1.807, 2.05) is 38.1 Å². The van der Waals surface area contributed by atoms with Crippen molar-refractivity contribution < 1.29 is 9.53 Å². The summed E-state index contributed by atoms with van der Waals surface area (Å²) in [5.74, 6) is 1.16. The van der Waals surface area contributed by atoms with Crippen molar-refractivity contribution in [2.45, 2.75) is 32.7 Å². The van der Waals surface area contributed by atoms with Crippen LogP contribution in [0.4, 0.5) is 0 Å². The van der Waals surface area contributed by atoms with Gasteiger partial charge in [-0.25, -0.2) is 0 Å². The first-order valence-electron chi connectivity index (χ1n) is 7.81. The molecule has 0 radical (unpaired) electrons. The van der Waals surface area contributed by atoms with E-state index < -0.39 is 0 Å². The Morgan fingerprint density at radius 3 is 2.76 bits per heavy atom. The molecule has 0 bridgehead atoms. The van der Waals surface area contributed by atoms with E-state index in [1.54, 1.807) is 0 Å². The van der Waals surface area contributed by atoms with Gasteiger partial charge in [-0.05, 0) is 58.0 Å². The van der Waals surface area contributed by atoms with Gasteiger partial charge in [0, 0.05) is 6.54 Å². The Balaban J connectivity index is 1.90. The van der Waals surface area contributed by atoms with Crippen LogP contribution in [-0.4, -0.2) is 37.6 Å². The molecule has 0 spiro atoms. The van der Waals surface area contributed by atoms with E-state index in [2.05, 4.69) is 17.3 Å². The average molecular weight is 290 g/mol. The van der Waals surface area contributed by atoms with Gasteiger partial charge in [-0.15, -0.1) is 0 Å². The van der Waals surface area contributed by atoms with Gasteiger partial charge in [-0.1, -0.05) is 12.1 Å². The number of carbonyl (C=O) groups excluding carboxylic acids is 1. The van der Waals surface area contributed by atoms with Crippen LogP contribution in [0.25, 0.3) is 0 Å². The molecule has 21 heavy (non-hydrogen) atoms. The van der Waals surface area contributed by atoms with Crippen molar-refractivity contribution in [3.05, 3.63) is 29.8 Å². The number of likely N-dealkylation sites (tertiary alicyclic amines) is 1. The number of nitrogens with zero attached hydrogens (tertiary/aromatic N) is 1. The molecule has 1 N–H and O–H groups in total. The highest BCUT2D eigenvalue weighted by atomic mass is 16.5. The third-order valence-electron chi connectivity index (χ3n) is 4.05. The molecule has 0 aliphatic carbocycles. The van der Waals surface area contributed by atoms with Crippen LogP contribution < -0.4 is 10.1 Å². The second-order valence-electron chi connectivity index (χ2n) is 5.83. The monoisotopic (exact) mass is 290 g/mol. The maximum absolute atomic E-state index is 12.3. The molecule has 0 aromatic heterocycles. The van der Waals surface area contributed by atoms with E-state index in [4.69, 9.17) is 4.74 Å². The van der Waals surface area contributed by atoms with E-state index >= 15 is 0 Å². The Bertz CT molecular complexity index is 458. The molecule has 0 saturated carbocycles. The van der Waals surface area contributed by atoms with Gasteiger partial charge in [0.1, 0.15) is 5.75 Å². The normalized spacial score (nSPS) is 20.8. The van der Waals surface area contributed by atoms with Crippen LogP contribution in [0.3, 0.4) is 0 Å². The van der Waals surface area contributed by atoms with E-state index in [9.17, 15) is 4.79 Å². The number of hydrogen-bond acceptors (Lipinski definition) is 3. The highest BCUT2D eigenvalue weighted by molar-refractivity contribution is 5.79. The molecule has 0 unspecified atom stereocenters. The Labute approximate surface area is 127 Å². The summed E-state index contributed by atoms with van der Waals surface area (Å²) in [6.07, 6.45) is 2.10. The van der Waals surface area contributed by atoms with Crippen molar-refractivity contribution in [2.24, 2.45) is 5.92 Å². The smallest absolute Gasteiger partial charge is 0.224 e. The standard InChI is InChI=1S/C17H26N2O2/c1-4-21-16-9-7-14(8-10-16)13(2)18-17(20)15-6-5-11-19(3)12-15/h7-10,13,15H,4-6,11-12H2,1-3H3,(H,18,20)/t13-,15-/m0/s1. The third kappa shape index (κ3) is 4.46. The van der Waals surface area contributed by atoms with Crippen LogP contribution in [0.15, 0.2) is 24.3 Å². The van der Waals surface area contributed by atoms with Crippen molar-refractivity contribution >= 4 is 5.91 Å². The van der Waals surface area contributed by atoms with Gasteiger partial charge in [-0.2, -0.15) is 0 Å². The summed E-state index contributed by atoms with van der Waals surface area (Å²) in [5, 5.41) is 3.13. The maximum atomic E-state index is 12.3. The fourth-order valence-electron chi connectivity index (χ4n) is 2.81. The largest absolute Gasteiger partial charge is 0.494 e. The van der Waals surface area contributed by atoms with Crippen LogP contribution in [-0.2, 0) is 4.79 Å². The number of piperidine rings is 1. The molecular weight excluding hydrogens is 264 g/mol. The maximum Gasteiger partial charge on any atom is 0.224 e. The molecule has 116 valence electrons. The molecule has 1 amide bonds. The number of hydrogen-bond donors (Lipinski definition) is 1. The molecule has 1 heterocycles. The number of rotatable bonds is 5. The summed E-state index contributed by atoms with van der Waals surface area (Å²) in [4.78, 5) is 14.6. The summed E-state index contributed by atoms with van der Waals surface area (Å²) < 4.78 is 5.44. The minimum absolute atomic E-state index is 0.0282. The number of nitrogens with one attached hydrogen (secondary N) is 1. The zero-order valence-corrected chi connectivity index (χ0v) is 13.3. The number of ether oxygens (including phenoxy) is 1. The highest BCUT2D eigenvalue weighted by Gasteiger charge is 2.24. The summed E-state index contributed by atoms with van der Waals surface area (Å²) in [5.41, 5.74) is 1.11. The first-order chi connectivity index (χ1) is 10.1. The van der Waals surface area contributed by atoms with Gasteiger partial charge in [0.15, 0.2) is 0 Å². The molecule has 1 aliphatic heterocycles. The van der Waals surface area contributed by atoms with Gasteiger partial charge in [-0.3, -0.25) is 4.79 Å². The van der Waals surface area contributed by atoms with Gasteiger partial charge < -0.3 is 15.0 Å². The minimum Gasteiger partial charge on any atom is -0.494 e. The second-order valence-corrected chi connectivity index (χ2v) is 5.83. The fourth-order valence-corrected chi connectivity index (χ4v) is 2.81. The molecule has 2 rings (SSSR count). The van der Waals surface area contributed by atoms with Crippen molar-refractivity contribution in [1.29, 1.82) is 0 Å². The van der Waals surface area contributed by atoms with Crippen LogP contribution >= 0.6 is 0 Å². The van der Waals surface area contributed by atoms with E-state index in [0.717, 1.165) is 37.2 Å². The highest BCUT2D eigenvalue weighted by Crippen LogP contribution is 2.20. The third-order valence-corrected chi connectivity index (χ3v) is 4.05. The summed E-state index contributed by atoms with van der Waals surface area (Å²) >= 11 is 0. The number of carbonyl (C=O) groups is 1. The Hall–Kier alpha value is -1.55. The Kier molecular flexibility index (Phi) is 5.62. The van der Waals surface area contributed by atoms with Crippen LogP contribution in [0.5, 0.6) is 5.75 Å². The first kappa shape index (κ1) is 15.8.